The van der Waals surface area contributed by atoms with Crippen molar-refractivity contribution < 1.29 is 9.53 Å². The number of esters is 1. The van der Waals surface area contributed by atoms with Crippen LogP contribution in [0.25, 0.3) is 0 Å². The first kappa shape index (κ1) is 27.5. The lowest BCUT2D eigenvalue weighted by Gasteiger charge is -2.16. The van der Waals surface area contributed by atoms with Crippen LogP contribution < -0.4 is 0 Å². The van der Waals surface area contributed by atoms with Gasteiger partial charge < -0.3 is 4.74 Å². The average molecular weight is 397 g/mol. The summed E-state index contributed by atoms with van der Waals surface area (Å²) in [5, 5.41) is 0. The molecule has 0 radical (unpaired) electrons. The third kappa shape index (κ3) is 20.2. The molecule has 0 spiro atoms. The van der Waals surface area contributed by atoms with Crippen molar-refractivity contribution in [3.05, 3.63) is 0 Å². The second-order valence-electron chi connectivity index (χ2n) is 9.19. The fourth-order valence-electron chi connectivity index (χ4n) is 3.80. The standard InChI is InChI=1S/C26H52O2/c1-5-7-18-22-25(6-2)28-26(27)23-20-17-15-13-11-9-8-10-12-14-16-19-21-24(3)4/h24-25H,5-23H2,1-4H3/t25-/m1/s1. The smallest absolute Gasteiger partial charge is 0.306 e. The van der Waals surface area contributed by atoms with E-state index in [1.165, 1.54) is 96.3 Å². The van der Waals surface area contributed by atoms with Gasteiger partial charge >= 0.3 is 5.97 Å². The van der Waals surface area contributed by atoms with Crippen molar-refractivity contribution >= 4 is 5.97 Å². The first-order chi connectivity index (χ1) is 13.6. The van der Waals surface area contributed by atoms with Gasteiger partial charge in [-0.1, -0.05) is 118 Å². The minimum Gasteiger partial charge on any atom is -0.462 e. The van der Waals surface area contributed by atoms with Gasteiger partial charge in [-0.3, -0.25) is 4.79 Å². The van der Waals surface area contributed by atoms with Crippen molar-refractivity contribution in [2.45, 2.75) is 156 Å². The molecule has 0 saturated heterocycles. The van der Waals surface area contributed by atoms with E-state index in [0.717, 1.165) is 25.2 Å². The fourth-order valence-corrected chi connectivity index (χ4v) is 3.80. The van der Waals surface area contributed by atoms with Crippen LogP contribution in [0.2, 0.25) is 0 Å². The van der Waals surface area contributed by atoms with E-state index in [9.17, 15) is 4.79 Å². The Kier molecular flexibility index (Phi) is 20.8. The number of carbonyl (C=O) groups is 1. The van der Waals surface area contributed by atoms with Crippen LogP contribution in [-0.2, 0) is 9.53 Å². The van der Waals surface area contributed by atoms with Gasteiger partial charge in [-0.05, 0) is 31.6 Å². The van der Waals surface area contributed by atoms with Crippen LogP contribution in [-0.4, -0.2) is 12.1 Å². The maximum absolute atomic E-state index is 12.0. The lowest BCUT2D eigenvalue weighted by molar-refractivity contribution is -0.149. The number of ether oxygens (including phenoxy) is 1. The molecule has 0 rings (SSSR count). The molecule has 0 aliphatic carbocycles. The highest BCUT2D eigenvalue weighted by molar-refractivity contribution is 5.69. The Labute approximate surface area is 177 Å². The molecule has 0 aliphatic heterocycles. The van der Waals surface area contributed by atoms with Gasteiger partial charge in [-0.15, -0.1) is 0 Å². The van der Waals surface area contributed by atoms with Crippen molar-refractivity contribution in [1.29, 1.82) is 0 Å². The van der Waals surface area contributed by atoms with Crippen LogP contribution >= 0.6 is 0 Å². The molecule has 0 saturated carbocycles. The van der Waals surface area contributed by atoms with E-state index in [1.807, 2.05) is 0 Å². The summed E-state index contributed by atoms with van der Waals surface area (Å²) in [4.78, 5) is 12.0. The molecule has 0 aromatic carbocycles. The summed E-state index contributed by atoms with van der Waals surface area (Å²) in [5.41, 5.74) is 0. The van der Waals surface area contributed by atoms with Crippen LogP contribution in [0.15, 0.2) is 0 Å². The SMILES string of the molecule is CCCCC[C@@H](CC)OC(=O)CCCCCCCCCCCCCCC(C)C. The first-order valence-corrected chi connectivity index (χ1v) is 12.8. The molecule has 0 aromatic heterocycles. The van der Waals surface area contributed by atoms with Crippen molar-refractivity contribution in [3.63, 3.8) is 0 Å². The second-order valence-corrected chi connectivity index (χ2v) is 9.19. The van der Waals surface area contributed by atoms with E-state index >= 15 is 0 Å². The number of rotatable bonds is 21. The van der Waals surface area contributed by atoms with Crippen LogP contribution in [0.3, 0.4) is 0 Å². The summed E-state index contributed by atoms with van der Waals surface area (Å²) in [6.07, 6.45) is 23.9. The summed E-state index contributed by atoms with van der Waals surface area (Å²) in [7, 11) is 0. The third-order valence-corrected chi connectivity index (χ3v) is 5.80. The van der Waals surface area contributed by atoms with Gasteiger partial charge in [0.2, 0.25) is 0 Å². The Balaban J connectivity index is 3.32. The van der Waals surface area contributed by atoms with Gasteiger partial charge in [-0.2, -0.15) is 0 Å². The highest BCUT2D eigenvalue weighted by Gasteiger charge is 2.11. The predicted octanol–water partition coefficient (Wildman–Crippen LogP) is 9.01. The second kappa shape index (κ2) is 21.2. The fraction of sp³-hybridized carbons (Fsp3) is 0.962. The molecule has 0 amide bonds. The van der Waals surface area contributed by atoms with Gasteiger partial charge in [0.05, 0.1) is 0 Å². The average Bonchev–Trinajstić information content (AvgIpc) is 2.67. The predicted molar refractivity (Wildman–Crippen MR) is 124 cm³/mol. The Hall–Kier alpha value is -0.530. The molecule has 2 nitrogen and oxygen atoms in total. The van der Waals surface area contributed by atoms with E-state index in [2.05, 4.69) is 27.7 Å². The lowest BCUT2D eigenvalue weighted by atomic mass is 10.0. The van der Waals surface area contributed by atoms with Crippen molar-refractivity contribution in [1.82, 2.24) is 0 Å². The molecule has 0 aliphatic rings. The Bertz CT molecular complexity index is 324. The Morgan fingerprint density at radius 2 is 1.11 bits per heavy atom. The van der Waals surface area contributed by atoms with Gasteiger partial charge in [0.1, 0.15) is 6.10 Å². The van der Waals surface area contributed by atoms with Crippen molar-refractivity contribution in [3.8, 4) is 0 Å². The minimum absolute atomic E-state index is 0.0248. The molecule has 0 N–H and O–H groups in total. The van der Waals surface area contributed by atoms with Crippen LogP contribution in [0.1, 0.15) is 150 Å². The summed E-state index contributed by atoms with van der Waals surface area (Å²) < 4.78 is 5.63. The van der Waals surface area contributed by atoms with Crippen LogP contribution in [0.5, 0.6) is 0 Å². The number of carbonyl (C=O) groups excluding carboxylic acids is 1. The summed E-state index contributed by atoms with van der Waals surface area (Å²) in [5.74, 6) is 0.895. The van der Waals surface area contributed by atoms with Gasteiger partial charge in [0.25, 0.3) is 0 Å². The number of unbranched alkanes of at least 4 members (excludes halogenated alkanes) is 13. The number of hydrogen-bond acceptors (Lipinski definition) is 2. The topological polar surface area (TPSA) is 26.3 Å². The van der Waals surface area contributed by atoms with E-state index in [1.54, 1.807) is 0 Å². The molecule has 2 heteroatoms. The molecule has 0 bridgehead atoms. The zero-order chi connectivity index (χ0) is 20.9. The minimum atomic E-state index is 0.0248. The maximum Gasteiger partial charge on any atom is 0.306 e. The van der Waals surface area contributed by atoms with Crippen molar-refractivity contribution in [2.24, 2.45) is 5.92 Å². The highest BCUT2D eigenvalue weighted by Crippen LogP contribution is 2.15. The molecule has 1 atom stereocenters. The third-order valence-electron chi connectivity index (χ3n) is 5.80. The zero-order valence-electron chi connectivity index (χ0n) is 19.9. The number of hydrogen-bond donors (Lipinski definition) is 0. The van der Waals surface area contributed by atoms with Gasteiger partial charge in [0.15, 0.2) is 0 Å². The largest absolute Gasteiger partial charge is 0.462 e. The lowest BCUT2D eigenvalue weighted by Crippen LogP contribution is -2.17. The van der Waals surface area contributed by atoms with E-state index in [-0.39, 0.29) is 12.1 Å². The first-order valence-electron chi connectivity index (χ1n) is 12.8. The summed E-state index contributed by atoms with van der Waals surface area (Å²) >= 11 is 0. The van der Waals surface area contributed by atoms with Crippen LogP contribution in [0, 0.1) is 5.92 Å². The molecule has 168 valence electrons. The quantitative estimate of drug-likeness (QED) is 0.143. The summed E-state index contributed by atoms with van der Waals surface area (Å²) in [6.45, 7) is 8.98. The monoisotopic (exact) mass is 396 g/mol. The van der Waals surface area contributed by atoms with Gasteiger partial charge in [0, 0.05) is 6.42 Å². The molecular formula is C26H52O2. The van der Waals surface area contributed by atoms with E-state index in [0.29, 0.717) is 6.42 Å². The Morgan fingerprint density at radius 3 is 1.57 bits per heavy atom. The highest BCUT2D eigenvalue weighted by atomic mass is 16.5. The zero-order valence-corrected chi connectivity index (χ0v) is 19.9. The molecule has 0 unspecified atom stereocenters. The van der Waals surface area contributed by atoms with E-state index in [4.69, 9.17) is 4.74 Å². The molecule has 28 heavy (non-hydrogen) atoms. The maximum atomic E-state index is 12.0. The van der Waals surface area contributed by atoms with Crippen molar-refractivity contribution in [2.75, 3.05) is 0 Å². The van der Waals surface area contributed by atoms with Gasteiger partial charge in [-0.25, -0.2) is 0 Å². The Morgan fingerprint density at radius 1 is 0.643 bits per heavy atom. The normalized spacial score (nSPS) is 12.5. The molecule has 0 heterocycles. The van der Waals surface area contributed by atoms with Crippen LogP contribution in [0.4, 0.5) is 0 Å². The van der Waals surface area contributed by atoms with E-state index < -0.39 is 0 Å². The summed E-state index contributed by atoms with van der Waals surface area (Å²) in [6, 6.07) is 0. The molecule has 0 fully saturated rings. The molecule has 0 aromatic rings. The molecular weight excluding hydrogens is 344 g/mol.